The number of nitrogens with one attached hydrogen (secondary N) is 1. The Morgan fingerprint density at radius 3 is 2.61 bits per heavy atom. The van der Waals surface area contributed by atoms with E-state index in [-0.39, 0.29) is 24.0 Å². The highest BCUT2D eigenvalue weighted by atomic mass is 32.2. The van der Waals surface area contributed by atoms with E-state index in [1.807, 2.05) is 25.1 Å². The summed E-state index contributed by atoms with van der Waals surface area (Å²) in [6.45, 7) is 2.53. The van der Waals surface area contributed by atoms with Gasteiger partial charge in [-0.3, -0.25) is 9.69 Å². The van der Waals surface area contributed by atoms with Gasteiger partial charge in [-0.2, -0.15) is 0 Å². The number of para-hydroxylation sites is 1. The van der Waals surface area contributed by atoms with Gasteiger partial charge in [-0.15, -0.1) is 11.8 Å². The number of amides is 3. The van der Waals surface area contributed by atoms with Crippen LogP contribution in [0.3, 0.4) is 0 Å². The van der Waals surface area contributed by atoms with Gasteiger partial charge in [-0.05, 0) is 42.8 Å². The topological polar surface area (TPSA) is 52.7 Å². The van der Waals surface area contributed by atoms with E-state index in [9.17, 15) is 18.4 Å². The van der Waals surface area contributed by atoms with Gasteiger partial charge in [0.1, 0.15) is 11.6 Å². The molecule has 2 heterocycles. The number of hydrogen-bond acceptors (Lipinski definition) is 3. The van der Waals surface area contributed by atoms with Crippen LogP contribution in [0.25, 0.3) is 0 Å². The molecule has 33 heavy (non-hydrogen) atoms. The van der Waals surface area contributed by atoms with Gasteiger partial charge in [-0.1, -0.05) is 42.0 Å². The van der Waals surface area contributed by atoms with E-state index in [0.29, 0.717) is 18.0 Å². The van der Waals surface area contributed by atoms with E-state index in [1.165, 1.54) is 40.9 Å². The molecule has 1 saturated heterocycles. The van der Waals surface area contributed by atoms with E-state index in [1.54, 1.807) is 29.2 Å². The Morgan fingerprint density at radius 1 is 1.09 bits per heavy atom. The third-order valence-electron chi connectivity index (χ3n) is 5.96. The molecule has 2 aliphatic rings. The van der Waals surface area contributed by atoms with Crippen LogP contribution in [0.4, 0.5) is 25.0 Å². The van der Waals surface area contributed by atoms with Crippen LogP contribution >= 0.6 is 11.8 Å². The predicted molar refractivity (Wildman–Crippen MR) is 125 cm³/mol. The lowest BCUT2D eigenvalue weighted by atomic mass is 10.0. The van der Waals surface area contributed by atoms with Gasteiger partial charge in [0.15, 0.2) is 4.87 Å². The van der Waals surface area contributed by atoms with Crippen LogP contribution < -0.4 is 10.2 Å². The molecular weight excluding hydrogens is 444 g/mol. The number of nitrogens with zero attached hydrogens (tertiary/aromatic N) is 2. The van der Waals surface area contributed by atoms with Crippen molar-refractivity contribution in [1.82, 2.24) is 4.90 Å². The number of carbonyl (C=O) groups is 2. The minimum Gasteiger partial charge on any atom is -0.305 e. The quantitative estimate of drug-likeness (QED) is 0.575. The largest absolute Gasteiger partial charge is 0.323 e. The zero-order valence-corrected chi connectivity index (χ0v) is 18.7. The second-order valence-corrected chi connectivity index (χ2v) is 9.38. The molecule has 2 aliphatic heterocycles. The van der Waals surface area contributed by atoms with Gasteiger partial charge in [0, 0.05) is 17.9 Å². The number of benzene rings is 3. The summed E-state index contributed by atoms with van der Waals surface area (Å²) in [5.41, 5.74) is 3.26. The smallest absolute Gasteiger partial charge is 0.305 e. The summed E-state index contributed by atoms with van der Waals surface area (Å²) in [5, 5.41) is 2.63. The minimum absolute atomic E-state index is 0.0626. The lowest BCUT2D eigenvalue weighted by molar-refractivity contribution is -0.123. The molecule has 1 fully saturated rings. The Morgan fingerprint density at radius 2 is 1.85 bits per heavy atom. The number of anilines is 2. The SMILES string of the molecule is Cc1ccc2c(c1)C1(SCCN1C(=O)Nc1ccccc1F)C(=O)N2Cc1ccc(F)cc1. The monoisotopic (exact) mass is 465 g/mol. The van der Waals surface area contributed by atoms with Crippen molar-refractivity contribution in [2.24, 2.45) is 0 Å². The molecule has 0 bridgehead atoms. The van der Waals surface area contributed by atoms with E-state index < -0.39 is 16.7 Å². The number of urea groups is 1. The van der Waals surface area contributed by atoms with Crippen LogP contribution in [0.5, 0.6) is 0 Å². The Balaban J connectivity index is 1.54. The van der Waals surface area contributed by atoms with Crippen molar-refractivity contribution in [2.75, 3.05) is 22.5 Å². The highest BCUT2D eigenvalue weighted by Gasteiger charge is 2.59. The molecule has 0 saturated carbocycles. The molecule has 1 atom stereocenters. The van der Waals surface area contributed by atoms with Crippen LogP contribution in [0.2, 0.25) is 0 Å². The van der Waals surface area contributed by atoms with Crippen LogP contribution in [0.15, 0.2) is 66.7 Å². The van der Waals surface area contributed by atoms with Crippen LogP contribution in [-0.4, -0.2) is 29.1 Å². The van der Waals surface area contributed by atoms with Crippen LogP contribution in [-0.2, 0) is 16.2 Å². The van der Waals surface area contributed by atoms with Crippen molar-refractivity contribution in [3.8, 4) is 0 Å². The molecule has 3 amide bonds. The van der Waals surface area contributed by atoms with Crippen molar-refractivity contribution in [3.05, 3.63) is 95.1 Å². The van der Waals surface area contributed by atoms with Crippen molar-refractivity contribution >= 4 is 35.1 Å². The highest BCUT2D eigenvalue weighted by molar-refractivity contribution is 8.01. The first-order valence-electron chi connectivity index (χ1n) is 10.5. The molecular formula is C25H21F2N3O2S. The number of rotatable bonds is 3. The van der Waals surface area contributed by atoms with Gasteiger partial charge in [0.05, 0.1) is 17.9 Å². The third-order valence-corrected chi connectivity index (χ3v) is 7.38. The Labute approximate surface area is 194 Å². The molecule has 0 aromatic heterocycles. The molecule has 1 unspecified atom stereocenters. The zero-order chi connectivity index (χ0) is 23.2. The second kappa shape index (κ2) is 8.19. The Kier molecular flexibility index (Phi) is 5.32. The molecule has 0 aliphatic carbocycles. The summed E-state index contributed by atoms with van der Waals surface area (Å²) in [6, 6.07) is 17.2. The summed E-state index contributed by atoms with van der Waals surface area (Å²) in [5.74, 6) is -0.563. The molecule has 8 heteroatoms. The zero-order valence-electron chi connectivity index (χ0n) is 17.8. The summed E-state index contributed by atoms with van der Waals surface area (Å²) >= 11 is 1.40. The fraction of sp³-hybridized carbons (Fsp3) is 0.200. The predicted octanol–water partition coefficient (Wildman–Crippen LogP) is 5.25. The second-order valence-electron chi connectivity index (χ2n) is 8.09. The first-order chi connectivity index (χ1) is 15.9. The Bertz CT molecular complexity index is 1250. The average Bonchev–Trinajstić information content (AvgIpc) is 3.34. The number of aryl methyl sites for hydroxylation is 1. The molecule has 0 radical (unpaired) electrons. The fourth-order valence-corrected chi connectivity index (χ4v) is 5.86. The number of halogens is 2. The number of carbonyl (C=O) groups excluding carboxylic acids is 2. The average molecular weight is 466 g/mol. The van der Waals surface area contributed by atoms with Crippen LogP contribution in [0.1, 0.15) is 16.7 Å². The first kappa shape index (κ1) is 21.5. The van der Waals surface area contributed by atoms with Gasteiger partial charge in [0.2, 0.25) is 0 Å². The molecule has 5 nitrogen and oxygen atoms in total. The number of thioether (sulfide) groups is 1. The molecule has 5 rings (SSSR count). The van der Waals surface area contributed by atoms with E-state index >= 15 is 0 Å². The Hall–Kier alpha value is -3.39. The summed E-state index contributed by atoms with van der Waals surface area (Å²) in [4.78, 5) is 29.1. The van der Waals surface area contributed by atoms with Crippen molar-refractivity contribution < 1.29 is 18.4 Å². The van der Waals surface area contributed by atoms with Crippen LogP contribution in [0, 0.1) is 18.6 Å². The molecule has 1 N–H and O–H groups in total. The van der Waals surface area contributed by atoms with E-state index in [0.717, 1.165) is 16.7 Å². The lowest BCUT2D eigenvalue weighted by Crippen LogP contribution is -2.51. The van der Waals surface area contributed by atoms with Gasteiger partial charge in [0.25, 0.3) is 5.91 Å². The van der Waals surface area contributed by atoms with Gasteiger partial charge in [-0.25, -0.2) is 13.6 Å². The maximum Gasteiger partial charge on any atom is 0.323 e. The van der Waals surface area contributed by atoms with Crippen molar-refractivity contribution in [1.29, 1.82) is 0 Å². The molecule has 3 aromatic carbocycles. The third kappa shape index (κ3) is 3.54. The summed E-state index contributed by atoms with van der Waals surface area (Å²) in [6.07, 6.45) is 0. The van der Waals surface area contributed by atoms with Gasteiger partial charge < -0.3 is 10.2 Å². The van der Waals surface area contributed by atoms with E-state index in [4.69, 9.17) is 0 Å². The molecule has 3 aromatic rings. The maximum atomic E-state index is 14.2. The van der Waals surface area contributed by atoms with E-state index in [2.05, 4.69) is 5.32 Å². The molecule has 168 valence electrons. The van der Waals surface area contributed by atoms with Gasteiger partial charge >= 0.3 is 6.03 Å². The highest BCUT2D eigenvalue weighted by Crippen LogP contribution is 2.54. The number of hydrogen-bond donors (Lipinski definition) is 1. The van der Waals surface area contributed by atoms with Crippen molar-refractivity contribution in [3.63, 3.8) is 0 Å². The fourth-order valence-electron chi connectivity index (χ4n) is 4.40. The minimum atomic E-state index is -1.24. The lowest BCUT2D eigenvalue weighted by Gasteiger charge is -2.33. The number of fused-ring (bicyclic) bond motifs is 2. The normalized spacial score (nSPS) is 19.3. The standard InChI is InChI=1S/C25H21F2N3O2S/c1-16-6-11-22-19(14-16)25(23(31)29(22)15-17-7-9-18(26)10-8-17)30(12-13-33-25)24(32)28-21-5-3-2-4-20(21)27/h2-11,14H,12-13,15H2,1H3,(H,28,32). The van der Waals surface area contributed by atoms with Crippen molar-refractivity contribution in [2.45, 2.75) is 18.3 Å². The maximum absolute atomic E-state index is 14.2. The first-order valence-corrected chi connectivity index (χ1v) is 11.5. The summed E-state index contributed by atoms with van der Waals surface area (Å²) < 4.78 is 27.6. The summed E-state index contributed by atoms with van der Waals surface area (Å²) in [7, 11) is 0. The molecule has 1 spiro atoms.